The number of nitrogens with zero attached hydrogens (tertiary/aromatic N) is 1. The maximum Gasteiger partial charge on any atom is 0.261 e. The molecule has 0 radical (unpaired) electrons. The lowest BCUT2D eigenvalue weighted by Gasteiger charge is -2.11. The summed E-state index contributed by atoms with van der Waals surface area (Å²) in [6, 6.07) is 22.5. The molecule has 29 heavy (non-hydrogen) atoms. The second-order valence-electron chi connectivity index (χ2n) is 6.32. The summed E-state index contributed by atoms with van der Waals surface area (Å²) in [7, 11) is -3.75. The van der Waals surface area contributed by atoms with E-state index in [0.717, 1.165) is 5.56 Å². The van der Waals surface area contributed by atoms with Crippen LogP contribution in [-0.4, -0.2) is 13.4 Å². The molecule has 0 aliphatic heterocycles. The number of oxazole rings is 1. The molecule has 1 heterocycles. The van der Waals surface area contributed by atoms with Crippen LogP contribution in [0, 0.1) is 6.92 Å². The van der Waals surface area contributed by atoms with Crippen molar-refractivity contribution < 1.29 is 17.6 Å². The van der Waals surface area contributed by atoms with Gasteiger partial charge in [-0.05, 0) is 36.4 Å². The number of aryl methyl sites for hydroxylation is 1. The Morgan fingerprint density at radius 2 is 1.62 bits per heavy atom. The largest absolute Gasteiger partial charge is 0.457 e. The molecule has 1 N–H and O–H groups in total. The van der Waals surface area contributed by atoms with Crippen LogP contribution in [-0.2, 0) is 10.0 Å². The number of sulfonamides is 1. The van der Waals surface area contributed by atoms with Crippen LogP contribution in [0.3, 0.4) is 0 Å². The van der Waals surface area contributed by atoms with Gasteiger partial charge in [-0.15, -0.1) is 0 Å². The zero-order valence-corrected chi connectivity index (χ0v) is 16.4. The predicted molar refractivity (Wildman–Crippen MR) is 110 cm³/mol. The van der Waals surface area contributed by atoms with Crippen molar-refractivity contribution in [1.82, 2.24) is 4.98 Å². The molecule has 6 nitrogen and oxygen atoms in total. The van der Waals surface area contributed by atoms with Crippen molar-refractivity contribution in [2.45, 2.75) is 11.8 Å². The van der Waals surface area contributed by atoms with E-state index in [1.807, 2.05) is 30.3 Å². The number of benzene rings is 3. The van der Waals surface area contributed by atoms with Gasteiger partial charge in [-0.3, -0.25) is 4.72 Å². The van der Waals surface area contributed by atoms with Crippen molar-refractivity contribution in [1.29, 1.82) is 0 Å². The highest BCUT2D eigenvalue weighted by Gasteiger charge is 2.15. The molecule has 7 heteroatoms. The number of hydrogen-bond donors (Lipinski definition) is 1. The van der Waals surface area contributed by atoms with E-state index in [4.69, 9.17) is 9.15 Å². The molecule has 0 spiro atoms. The van der Waals surface area contributed by atoms with Gasteiger partial charge in [-0.2, -0.15) is 0 Å². The van der Waals surface area contributed by atoms with Gasteiger partial charge in [0.25, 0.3) is 10.0 Å². The van der Waals surface area contributed by atoms with Gasteiger partial charge in [0.2, 0.25) is 0 Å². The van der Waals surface area contributed by atoms with E-state index >= 15 is 0 Å². The molecule has 4 rings (SSSR count). The summed E-state index contributed by atoms with van der Waals surface area (Å²) >= 11 is 0. The highest BCUT2D eigenvalue weighted by molar-refractivity contribution is 7.92. The van der Waals surface area contributed by atoms with Crippen molar-refractivity contribution >= 4 is 15.7 Å². The minimum atomic E-state index is -3.75. The highest BCUT2D eigenvalue weighted by atomic mass is 32.2. The Labute approximate surface area is 168 Å². The molecule has 0 unspecified atom stereocenters. The first kappa shape index (κ1) is 18.8. The topological polar surface area (TPSA) is 81.4 Å². The van der Waals surface area contributed by atoms with Gasteiger partial charge in [-0.1, -0.05) is 36.4 Å². The fourth-order valence-electron chi connectivity index (χ4n) is 2.76. The minimum absolute atomic E-state index is 0.149. The van der Waals surface area contributed by atoms with E-state index in [-0.39, 0.29) is 4.90 Å². The van der Waals surface area contributed by atoms with Crippen LogP contribution in [0.15, 0.2) is 94.4 Å². The smallest absolute Gasteiger partial charge is 0.261 e. The van der Waals surface area contributed by atoms with Crippen LogP contribution in [0.5, 0.6) is 11.5 Å². The molecule has 0 aliphatic carbocycles. The van der Waals surface area contributed by atoms with Crippen LogP contribution < -0.4 is 9.46 Å². The molecule has 1 aromatic heterocycles. The SMILES string of the molecule is Cc1nc(-c2ccc(S(=O)(=O)Nc3cccc(Oc4ccccc4)c3)cc2)co1. The van der Waals surface area contributed by atoms with Gasteiger partial charge in [0, 0.05) is 18.6 Å². The maximum absolute atomic E-state index is 12.7. The highest BCUT2D eigenvalue weighted by Crippen LogP contribution is 2.26. The number of para-hydroxylation sites is 1. The number of anilines is 1. The average Bonchev–Trinajstić information content (AvgIpc) is 3.15. The number of hydrogen-bond acceptors (Lipinski definition) is 5. The van der Waals surface area contributed by atoms with Gasteiger partial charge in [0.15, 0.2) is 5.89 Å². The van der Waals surface area contributed by atoms with E-state index in [1.54, 1.807) is 43.3 Å². The molecule has 3 aromatic carbocycles. The molecule has 0 atom stereocenters. The Balaban J connectivity index is 1.52. The second-order valence-corrected chi connectivity index (χ2v) is 8.01. The molecule has 4 aromatic rings. The third kappa shape index (κ3) is 4.47. The van der Waals surface area contributed by atoms with Crippen LogP contribution in [0.4, 0.5) is 5.69 Å². The summed E-state index contributed by atoms with van der Waals surface area (Å²) in [5.41, 5.74) is 1.85. The summed E-state index contributed by atoms with van der Waals surface area (Å²) < 4.78 is 39.0. The van der Waals surface area contributed by atoms with Gasteiger partial charge in [0.05, 0.1) is 10.6 Å². The first-order valence-corrected chi connectivity index (χ1v) is 10.4. The van der Waals surface area contributed by atoms with E-state index in [1.165, 1.54) is 18.4 Å². The molecule has 0 aliphatic rings. The van der Waals surface area contributed by atoms with Crippen molar-refractivity contribution in [3.63, 3.8) is 0 Å². The number of aromatic nitrogens is 1. The van der Waals surface area contributed by atoms with Crippen molar-refractivity contribution in [2.24, 2.45) is 0 Å². The molecule has 0 fully saturated rings. The maximum atomic E-state index is 12.7. The van der Waals surface area contributed by atoms with Crippen molar-refractivity contribution in [2.75, 3.05) is 4.72 Å². The molecule has 0 bridgehead atoms. The Morgan fingerprint density at radius 3 is 2.31 bits per heavy atom. The molecule has 0 amide bonds. The molecule has 0 saturated heterocycles. The van der Waals surface area contributed by atoms with Crippen LogP contribution in [0.1, 0.15) is 5.89 Å². The summed E-state index contributed by atoms with van der Waals surface area (Å²) in [6.45, 7) is 1.75. The van der Waals surface area contributed by atoms with E-state index in [9.17, 15) is 8.42 Å². The first-order chi connectivity index (χ1) is 14.0. The Bertz CT molecular complexity index is 1220. The number of ether oxygens (including phenoxy) is 1. The first-order valence-electron chi connectivity index (χ1n) is 8.88. The summed E-state index contributed by atoms with van der Waals surface area (Å²) in [6.07, 6.45) is 1.54. The van der Waals surface area contributed by atoms with E-state index < -0.39 is 10.0 Å². The van der Waals surface area contributed by atoms with E-state index in [0.29, 0.717) is 28.8 Å². The standard InChI is InChI=1S/C22H18N2O4S/c1-16-23-22(15-27-16)17-10-12-21(13-11-17)29(25,26)24-18-6-5-9-20(14-18)28-19-7-3-2-4-8-19/h2-15,24H,1H3. The molecule has 146 valence electrons. The van der Waals surface area contributed by atoms with Crippen LogP contribution in [0.25, 0.3) is 11.3 Å². The van der Waals surface area contributed by atoms with Crippen molar-refractivity contribution in [3.8, 4) is 22.8 Å². The Morgan fingerprint density at radius 1 is 0.897 bits per heavy atom. The lowest BCUT2D eigenvalue weighted by molar-refractivity contribution is 0.483. The van der Waals surface area contributed by atoms with Crippen LogP contribution in [0.2, 0.25) is 0 Å². The summed E-state index contributed by atoms with van der Waals surface area (Å²) in [5.74, 6) is 1.76. The zero-order chi connectivity index (χ0) is 20.3. The molecular weight excluding hydrogens is 388 g/mol. The Hall–Kier alpha value is -3.58. The third-order valence-electron chi connectivity index (χ3n) is 4.14. The normalized spacial score (nSPS) is 11.2. The van der Waals surface area contributed by atoms with Gasteiger partial charge in [-0.25, -0.2) is 13.4 Å². The number of nitrogens with one attached hydrogen (secondary N) is 1. The van der Waals surface area contributed by atoms with Gasteiger partial charge >= 0.3 is 0 Å². The summed E-state index contributed by atoms with van der Waals surface area (Å²) in [5, 5.41) is 0. The van der Waals surface area contributed by atoms with E-state index in [2.05, 4.69) is 9.71 Å². The van der Waals surface area contributed by atoms with Gasteiger partial charge < -0.3 is 9.15 Å². The lowest BCUT2D eigenvalue weighted by Crippen LogP contribution is -2.12. The monoisotopic (exact) mass is 406 g/mol. The Kier molecular flexibility index (Phi) is 5.05. The zero-order valence-electron chi connectivity index (χ0n) is 15.6. The van der Waals surface area contributed by atoms with Crippen molar-refractivity contribution in [3.05, 3.63) is 91.0 Å². The van der Waals surface area contributed by atoms with Crippen LogP contribution >= 0.6 is 0 Å². The quantitative estimate of drug-likeness (QED) is 0.473. The molecule has 0 saturated carbocycles. The lowest BCUT2D eigenvalue weighted by atomic mass is 10.2. The average molecular weight is 406 g/mol. The molecular formula is C22H18N2O4S. The third-order valence-corrected chi connectivity index (χ3v) is 5.54. The minimum Gasteiger partial charge on any atom is -0.457 e. The van der Waals surface area contributed by atoms with Gasteiger partial charge in [0.1, 0.15) is 23.5 Å². The number of rotatable bonds is 6. The fourth-order valence-corrected chi connectivity index (χ4v) is 3.81. The fraction of sp³-hybridized carbons (Fsp3) is 0.0455. The summed E-state index contributed by atoms with van der Waals surface area (Å²) in [4.78, 5) is 4.39. The predicted octanol–water partition coefficient (Wildman–Crippen LogP) is 5.24. The second kappa shape index (κ2) is 7.81.